The molecule has 0 bridgehead atoms. The van der Waals surface area contributed by atoms with Gasteiger partial charge in [-0.05, 0) is 40.2 Å². The van der Waals surface area contributed by atoms with E-state index in [1.807, 2.05) is 12.1 Å². The van der Waals surface area contributed by atoms with E-state index >= 15 is 0 Å². The van der Waals surface area contributed by atoms with Gasteiger partial charge in [0.25, 0.3) is 5.91 Å². The minimum atomic E-state index is -0.246. The highest BCUT2D eigenvalue weighted by Crippen LogP contribution is 2.28. The van der Waals surface area contributed by atoms with Gasteiger partial charge < -0.3 is 0 Å². The van der Waals surface area contributed by atoms with Gasteiger partial charge in [0, 0.05) is 21.9 Å². The van der Waals surface area contributed by atoms with Crippen molar-refractivity contribution in [2.24, 2.45) is 0 Å². The highest BCUT2D eigenvalue weighted by Gasteiger charge is 2.10. The Hall–Kier alpha value is -1.50. The minimum absolute atomic E-state index is 0.246. The lowest BCUT2D eigenvalue weighted by atomic mass is 10.3. The molecule has 2 aromatic heterocycles. The van der Waals surface area contributed by atoms with Crippen LogP contribution < -0.4 is 5.32 Å². The number of fused-ring (bicyclic) bond motifs is 1. The Morgan fingerprint density at radius 3 is 2.95 bits per heavy atom. The summed E-state index contributed by atoms with van der Waals surface area (Å²) >= 11 is 10.6. The van der Waals surface area contributed by atoms with Gasteiger partial charge in [0.05, 0.1) is 15.8 Å². The number of carbonyl (C=O) groups excluding carboxylic acids is 1. The number of thiazole rings is 1. The third-order valence-electron chi connectivity index (χ3n) is 2.54. The molecular formula is C13H7BrClN3OS. The van der Waals surface area contributed by atoms with Gasteiger partial charge in [-0.3, -0.25) is 15.1 Å². The maximum atomic E-state index is 12.1. The van der Waals surface area contributed by atoms with E-state index < -0.39 is 0 Å². The summed E-state index contributed by atoms with van der Waals surface area (Å²) in [5.74, 6) is -0.246. The van der Waals surface area contributed by atoms with Gasteiger partial charge in [-0.25, -0.2) is 4.98 Å². The first-order valence-corrected chi connectivity index (χ1v) is 7.58. The SMILES string of the molecule is O=C(Nc1nc2ccc(Cl)cc2s1)c1cncc(Br)c1. The fourth-order valence-electron chi connectivity index (χ4n) is 1.66. The molecule has 0 saturated carbocycles. The number of aromatic nitrogens is 2. The summed E-state index contributed by atoms with van der Waals surface area (Å²) < 4.78 is 1.68. The minimum Gasteiger partial charge on any atom is -0.298 e. The van der Waals surface area contributed by atoms with Crippen molar-refractivity contribution in [3.05, 3.63) is 51.7 Å². The summed E-state index contributed by atoms with van der Waals surface area (Å²) in [6.45, 7) is 0. The molecule has 0 saturated heterocycles. The summed E-state index contributed by atoms with van der Waals surface area (Å²) in [5.41, 5.74) is 1.28. The van der Waals surface area contributed by atoms with Crippen molar-refractivity contribution < 1.29 is 4.79 Å². The Bertz CT molecular complexity index is 805. The van der Waals surface area contributed by atoms with E-state index in [0.29, 0.717) is 15.7 Å². The van der Waals surface area contributed by atoms with E-state index in [4.69, 9.17) is 11.6 Å². The number of halogens is 2. The van der Waals surface area contributed by atoms with Crippen LogP contribution >= 0.6 is 38.9 Å². The topological polar surface area (TPSA) is 54.9 Å². The van der Waals surface area contributed by atoms with E-state index in [2.05, 4.69) is 31.2 Å². The average molecular weight is 369 g/mol. The lowest BCUT2D eigenvalue weighted by molar-refractivity contribution is 0.102. The molecule has 0 aliphatic carbocycles. The quantitative estimate of drug-likeness (QED) is 0.731. The first kappa shape index (κ1) is 13.5. The zero-order valence-corrected chi connectivity index (χ0v) is 13.1. The second-order valence-corrected chi connectivity index (χ2v) is 6.36. The number of hydrogen-bond donors (Lipinski definition) is 1. The number of nitrogens with one attached hydrogen (secondary N) is 1. The smallest absolute Gasteiger partial charge is 0.259 e. The predicted octanol–water partition coefficient (Wildman–Crippen LogP) is 4.36. The normalized spacial score (nSPS) is 10.7. The van der Waals surface area contributed by atoms with E-state index in [9.17, 15) is 4.79 Å². The van der Waals surface area contributed by atoms with Crippen molar-refractivity contribution in [3.63, 3.8) is 0 Å². The largest absolute Gasteiger partial charge is 0.298 e. The van der Waals surface area contributed by atoms with Gasteiger partial charge in [0.2, 0.25) is 0 Å². The first-order valence-electron chi connectivity index (χ1n) is 5.60. The molecule has 0 radical (unpaired) electrons. The second-order valence-electron chi connectivity index (χ2n) is 3.98. The van der Waals surface area contributed by atoms with Gasteiger partial charge in [0.15, 0.2) is 5.13 Å². The van der Waals surface area contributed by atoms with Gasteiger partial charge >= 0.3 is 0 Å². The molecule has 0 aliphatic rings. The zero-order chi connectivity index (χ0) is 14.1. The van der Waals surface area contributed by atoms with Crippen LogP contribution in [-0.2, 0) is 0 Å². The number of benzene rings is 1. The number of pyridine rings is 1. The molecule has 1 N–H and O–H groups in total. The number of rotatable bonds is 2. The molecule has 4 nitrogen and oxygen atoms in total. The Labute approximate surface area is 131 Å². The molecular weight excluding hydrogens is 362 g/mol. The monoisotopic (exact) mass is 367 g/mol. The highest BCUT2D eigenvalue weighted by molar-refractivity contribution is 9.10. The summed E-state index contributed by atoms with van der Waals surface area (Å²) in [6.07, 6.45) is 3.13. The van der Waals surface area contributed by atoms with Crippen molar-refractivity contribution in [2.45, 2.75) is 0 Å². The summed E-state index contributed by atoms with van der Waals surface area (Å²) in [6, 6.07) is 7.12. The van der Waals surface area contributed by atoms with Crippen LogP contribution in [0.5, 0.6) is 0 Å². The second kappa shape index (κ2) is 5.47. The summed E-state index contributed by atoms with van der Waals surface area (Å²) in [4.78, 5) is 20.4. The molecule has 20 heavy (non-hydrogen) atoms. The Morgan fingerprint density at radius 1 is 1.30 bits per heavy atom. The standard InChI is InChI=1S/C13H7BrClN3OS/c14-8-3-7(5-16-6-8)12(19)18-13-17-10-2-1-9(15)4-11(10)20-13/h1-6H,(H,17,18,19). The van der Waals surface area contributed by atoms with E-state index in [1.54, 1.807) is 18.3 Å². The Kier molecular flexibility index (Phi) is 3.69. The lowest BCUT2D eigenvalue weighted by Crippen LogP contribution is -2.11. The molecule has 3 aromatic rings. The molecule has 0 unspecified atom stereocenters. The molecule has 3 rings (SSSR count). The highest BCUT2D eigenvalue weighted by atomic mass is 79.9. The lowest BCUT2D eigenvalue weighted by Gasteiger charge is -2.00. The van der Waals surface area contributed by atoms with Gasteiger partial charge in [-0.1, -0.05) is 22.9 Å². The molecule has 1 aromatic carbocycles. The van der Waals surface area contributed by atoms with Crippen LogP contribution in [0.25, 0.3) is 10.2 Å². The van der Waals surface area contributed by atoms with E-state index in [1.165, 1.54) is 17.5 Å². The van der Waals surface area contributed by atoms with Crippen molar-refractivity contribution >= 4 is 60.1 Å². The fraction of sp³-hybridized carbons (Fsp3) is 0. The van der Waals surface area contributed by atoms with Crippen LogP contribution in [-0.4, -0.2) is 15.9 Å². The van der Waals surface area contributed by atoms with Crippen molar-refractivity contribution in [2.75, 3.05) is 5.32 Å². The van der Waals surface area contributed by atoms with Crippen LogP contribution in [0.1, 0.15) is 10.4 Å². The van der Waals surface area contributed by atoms with E-state index in [0.717, 1.165) is 14.7 Å². The fourth-order valence-corrected chi connectivity index (χ4v) is 3.16. The number of hydrogen-bond acceptors (Lipinski definition) is 4. The molecule has 2 heterocycles. The van der Waals surface area contributed by atoms with Crippen molar-refractivity contribution in [3.8, 4) is 0 Å². The molecule has 0 aliphatic heterocycles. The Morgan fingerprint density at radius 2 is 2.15 bits per heavy atom. The van der Waals surface area contributed by atoms with Crippen LogP contribution in [0.2, 0.25) is 5.02 Å². The molecule has 0 fully saturated rings. The maximum Gasteiger partial charge on any atom is 0.259 e. The molecule has 1 amide bonds. The summed E-state index contributed by atoms with van der Waals surface area (Å²) in [7, 11) is 0. The molecule has 0 atom stereocenters. The predicted molar refractivity (Wildman–Crippen MR) is 84.5 cm³/mol. The summed E-state index contributed by atoms with van der Waals surface area (Å²) in [5, 5.41) is 3.94. The number of nitrogens with zero attached hydrogens (tertiary/aromatic N) is 2. The van der Waals surface area contributed by atoms with Gasteiger partial charge in [0.1, 0.15) is 0 Å². The molecule has 100 valence electrons. The Balaban J connectivity index is 1.87. The van der Waals surface area contributed by atoms with Crippen LogP contribution in [0.15, 0.2) is 41.1 Å². The third-order valence-corrected chi connectivity index (χ3v) is 4.14. The van der Waals surface area contributed by atoms with Crippen LogP contribution in [0.3, 0.4) is 0 Å². The van der Waals surface area contributed by atoms with Crippen LogP contribution in [0.4, 0.5) is 5.13 Å². The average Bonchev–Trinajstić information content (AvgIpc) is 2.80. The number of amides is 1. The van der Waals surface area contributed by atoms with E-state index in [-0.39, 0.29) is 5.91 Å². The van der Waals surface area contributed by atoms with Gasteiger partial charge in [-0.2, -0.15) is 0 Å². The zero-order valence-electron chi connectivity index (χ0n) is 9.93. The van der Waals surface area contributed by atoms with Gasteiger partial charge in [-0.15, -0.1) is 0 Å². The number of carbonyl (C=O) groups is 1. The van der Waals surface area contributed by atoms with Crippen molar-refractivity contribution in [1.82, 2.24) is 9.97 Å². The first-order chi connectivity index (χ1) is 9.61. The molecule has 0 spiro atoms. The maximum absolute atomic E-state index is 12.1. The molecule has 7 heteroatoms. The third kappa shape index (κ3) is 2.82. The number of anilines is 1. The van der Waals surface area contributed by atoms with Crippen LogP contribution in [0, 0.1) is 0 Å². The van der Waals surface area contributed by atoms with Crippen molar-refractivity contribution in [1.29, 1.82) is 0 Å².